The molecule has 3 aromatic rings. The van der Waals surface area contributed by atoms with Crippen LogP contribution in [0.2, 0.25) is 5.28 Å². The molecule has 0 aliphatic heterocycles. The second kappa shape index (κ2) is 4.46. The van der Waals surface area contributed by atoms with Gasteiger partial charge in [-0.25, -0.2) is 9.97 Å². The van der Waals surface area contributed by atoms with Gasteiger partial charge >= 0.3 is 0 Å². The first-order valence-corrected chi connectivity index (χ1v) is 5.37. The fraction of sp³-hybridized carbons (Fsp3) is 0. The average molecular weight is 260 g/mol. The molecule has 88 valence electrons. The predicted molar refractivity (Wildman–Crippen MR) is 63.0 cm³/mol. The van der Waals surface area contributed by atoms with Crippen molar-refractivity contribution in [3.8, 4) is 17.5 Å². The SMILES string of the molecule is Clc1nc(-c2cnccn2)nc(-n2ccnc2)n1. The smallest absolute Gasteiger partial charge is 0.239 e. The highest BCUT2D eigenvalue weighted by molar-refractivity contribution is 6.28. The van der Waals surface area contributed by atoms with Crippen LogP contribution in [-0.4, -0.2) is 34.5 Å². The number of hydrogen-bond acceptors (Lipinski definition) is 6. The zero-order valence-electron chi connectivity index (χ0n) is 8.97. The lowest BCUT2D eigenvalue weighted by atomic mass is 10.4. The van der Waals surface area contributed by atoms with Gasteiger partial charge in [0.2, 0.25) is 11.2 Å². The third-order valence-corrected chi connectivity index (χ3v) is 2.29. The van der Waals surface area contributed by atoms with Gasteiger partial charge in [-0.15, -0.1) is 0 Å². The number of hydrogen-bond donors (Lipinski definition) is 0. The molecule has 3 aromatic heterocycles. The summed E-state index contributed by atoms with van der Waals surface area (Å²) in [4.78, 5) is 24.3. The minimum absolute atomic E-state index is 0.0920. The molecule has 0 saturated heterocycles. The molecule has 0 bridgehead atoms. The molecule has 0 aromatic carbocycles. The molecular weight excluding hydrogens is 254 g/mol. The Kier molecular flexibility index (Phi) is 2.66. The molecule has 8 heteroatoms. The Balaban J connectivity index is 2.12. The molecule has 0 amide bonds. The van der Waals surface area contributed by atoms with Gasteiger partial charge in [-0.05, 0) is 11.6 Å². The zero-order valence-corrected chi connectivity index (χ0v) is 9.73. The number of nitrogens with zero attached hydrogens (tertiary/aromatic N) is 7. The quantitative estimate of drug-likeness (QED) is 0.687. The van der Waals surface area contributed by atoms with Gasteiger partial charge in [0.1, 0.15) is 12.0 Å². The molecule has 0 saturated carbocycles. The zero-order chi connectivity index (χ0) is 12.4. The van der Waals surface area contributed by atoms with Gasteiger partial charge in [0.15, 0.2) is 5.82 Å². The Morgan fingerprint density at radius 2 is 1.94 bits per heavy atom. The van der Waals surface area contributed by atoms with Crippen LogP contribution < -0.4 is 0 Å². The van der Waals surface area contributed by atoms with E-state index in [0.717, 1.165) is 0 Å². The molecule has 0 unspecified atom stereocenters. The van der Waals surface area contributed by atoms with Crippen molar-refractivity contribution in [2.75, 3.05) is 0 Å². The van der Waals surface area contributed by atoms with E-state index in [9.17, 15) is 0 Å². The Morgan fingerprint density at radius 1 is 1.00 bits per heavy atom. The van der Waals surface area contributed by atoms with Gasteiger partial charge in [0, 0.05) is 24.8 Å². The van der Waals surface area contributed by atoms with Crippen molar-refractivity contribution in [2.24, 2.45) is 0 Å². The lowest BCUT2D eigenvalue weighted by Gasteiger charge is -2.03. The summed E-state index contributed by atoms with van der Waals surface area (Å²) in [6.07, 6.45) is 9.61. The number of aromatic nitrogens is 7. The second-order valence-corrected chi connectivity index (χ2v) is 3.63. The molecule has 0 aliphatic rings. The lowest BCUT2D eigenvalue weighted by Crippen LogP contribution is -2.03. The summed E-state index contributed by atoms with van der Waals surface area (Å²) in [6, 6.07) is 0. The maximum absolute atomic E-state index is 5.87. The standard InChI is InChI=1S/C10H6ClN7/c11-9-15-8(7-5-12-1-2-14-7)16-10(17-9)18-4-3-13-6-18/h1-6H. The highest BCUT2D eigenvalue weighted by atomic mass is 35.5. The van der Waals surface area contributed by atoms with Gasteiger partial charge in [-0.3, -0.25) is 9.55 Å². The van der Waals surface area contributed by atoms with Gasteiger partial charge < -0.3 is 0 Å². The van der Waals surface area contributed by atoms with Gasteiger partial charge in [0.05, 0.1) is 6.20 Å². The van der Waals surface area contributed by atoms with Crippen LogP contribution in [0, 0.1) is 0 Å². The van der Waals surface area contributed by atoms with Crippen molar-refractivity contribution in [2.45, 2.75) is 0 Å². The van der Waals surface area contributed by atoms with Crippen LogP contribution >= 0.6 is 11.6 Å². The first-order valence-electron chi connectivity index (χ1n) is 4.99. The minimum Gasteiger partial charge on any atom is -0.274 e. The number of halogens is 1. The van der Waals surface area contributed by atoms with Crippen LogP contribution in [0.3, 0.4) is 0 Å². The summed E-state index contributed by atoms with van der Waals surface area (Å²) < 4.78 is 1.63. The van der Waals surface area contributed by atoms with Gasteiger partial charge in [0.25, 0.3) is 0 Å². The molecular formula is C10H6ClN7. The molecule has 7 nitrogen and oxygen atoms in total. The van der Waals surface area contributed by atoms with E-state index in [-0.39, 0.29) is 5.28 Å². The van der Waals surface area contributed by atoms with Crippen molar-refractivity contribution in [1.82, 2.24) is 34.5 Å². The van der Waals surface area contributed by atoms with Crippen LogP contribution in [0.15, 0.2) is 37.3 Å². The first kappa shape index (κ1) is 10.7. The summed E-state index contributed by atoms with van der Waals surface area (Å²) in [5, 5.41) is 0.0920. The number of imidazole rings is 1. The van der Waals surface area contributed by atoms with E-state index in [1.54, 1.807) is 41.9 Å². The van der Waals surface area contributed by atoms with Crippen LogP contribution in [0.25, 0.3) is 17.5 Å². The lowest BCUT2D eigenvalue weighted by molar-refractivity contribution is 0.895. The van der Waals surface area contributed by atoms with E-state index < -0.39 is 0 Å². The molecule has 0 radical (unpaired) electrons. The minimum atomic E-state index is 0.0920. The summed E-state index contributed by atoms with van der Waals surface area (Å²) in [5.74, 6) is 0.750. The number of rotatable bonds is 2. The molecule has 18 heavy (non-hydrogen) atoms. The second-order valence-electron chi connectivity index (χ2n) is 3.29. The molecule has 3 heterocycles. The maximum atomic E-state index is 5.87. The van der Waals surface area contributed by atoms with Crippen molar-refractivity contribution < 1.29 is 0 Å². The molecule has 3 rings (SSSR count). The van der Waals surface area contributed by atoms with Crippen molar-refractivity contribution in [3.05, 3.63) is 42.6 Å². The highest BCUT2D eigenvalue weighted by Crippen LogP contribution is 2.14. The highest BCUT2D eigenvalue weighted by Gasteiger charge is 2.09. The van der Waals surface area contributed by atoms with E-state index >= 15 is 0 Å². The third-order valence-electron chi connectivity index (χ3n) is 2.12. The van der Waals surface area contributed by atoms with Crippen LogP contribution in [0.4, 0.5) is 0 Å². The van der Waals surface area contributed by atoms with E-state index in [0.29, 0.717) is 17.5 Å². The topological polar surface area (TPSA) is 82.3 Å². The fourth-order valence-corrected chi connectivity index (χ4v) is 1.52. The Hall–Kier alpha value is -2.41. The summed E-state index contributed by atoms with van der Waals surface area (Å²) in [5.41, 5.74) is 0.531. The summed E-state index contributed by atoms with van der Waals surface area (Å²) >= 11 is 5.87. The average Bonchev–Trinajstić information content (AvgIpc) is 2.93. The van der Waals surface area contributed by atoms with Gasteiger partial charge in [-0.2, -0.15) is 15.0 Å². The van der Waals surface area contributed by atoms with E-state index in [1.165, 1.54) is 0 Å². The first-order chi connectivity index (χ1) is 8.83. The van der Waals surface area contributed by atoms with E-state index in [4.69, 9.17) is 11.6 Å². The molecule has 0 fully saturated rings. The molecule has 0 spiro atoms. The maximum Gasteiger partial charge on any atom is 0.239 e. The predicted octanol–water partition coefficient (Wildman–Crippen LogP) is 1.17. The molecule has 0 N–H and O–H groups in total. The van der Waals surface area contributed by atoms with Crippen molar-refractivity contribution in [1.29, 1.82) is 0 Å². The normalized spacial score (nSPS) is 10.5. The Morgan fingerprint density at radius 3 is 2.67 bits per heavy atom. The monoisotopic (exact) mass is 259 g/mol. The Bertz CT molecular complexity index is 653. The fourth-order valence-electron chi connectivity index (χ4n) is 1.36. The Labute approximate surface area is 107 Å². The van der Waals surface area contributed by atoms with Gasteiger partial charge in [-0.1, -0.05) is 0 Å². The summed E-state index contributed by atoms with van der Waals surface area (Å²) in [6.45, 7) is 0. The largest absolute Gasteiger partial charge is 0.274 e. The van der Waals surface area contributed by atoms with E-state index in [2.05, 4.69) is 29.9 Å². The molecule has 0 atom stereocenters. The van der Waals surface area contributed by atoms with Crippen LogP contribution in [-0.2, 0) is 0 Å². The summed E-state index contributed by atoms with van der Waals surface area (Å²) in [7, 11) is 0. The van der Waals surface area contributed by atoms with Crippen LogP contribution in [0.1, 0.15) is 0 Å². The third kappa shape index (κ3) is 2.03. The van der Waals surface area contributed by atoms with E-state index in [1.807, 2.05) is 0 Å². The van der Waals surface area contributed by atoms with Crippen molar-refractivity contribution in [3.63, 3.8) is 0 Å². The van der Waals surface area contributed by atoms with Crippen LogP contribution in [0.5, 0.6) is 0 Å². The molecule has 0 aliphatic carbocycles. The van der Waals surface area contributed by atoms with Crippen molar-refractivity contribution >= 4 is 11.6 Å².